The molecule has 1 aromatic rings. The largest absolute Gasteiger partial charge is 0.372 e. The molecule has 1 aliphatic rings. The molecule has 0 aliphatic heterocycles. The molecular formula is C13H17BrClN. The van der Waals surface area contributed by atoms with Gasteiger partial charge in [0.2, 0.25) is 0 Å². The molecule has 0 heterocycles. The number of halogens is 2. The molecule has 88 valence electrons. The van der Waals surface area contributed by atoms with Gasteiger partial charge < -0.3 is 4.90 Å². The first-order valence-electron chi connectivity index (χ1n) is 5.79. The fourth-order valence-corrected chi connectivity index (χ4v) is 3.27. The molecule has 1 nitrogen and oxygen atoms in total. The Morgan fingerprint density at radius 2 is 2.06 bits per heavy atom. The molecule has 1 aromatic carbocycles. The predicted molar refractivity (Wildman–Crippen MR) is 74.4 cm³/mol. The van der Waals surface area contributed by atoms with Gasteiger partial charge in [-0.1, -0.05) is 34.8 Å². The lowest BCUT2D eigenvalue weighted by atomic mass is 10.1. The minimum Gasteiger partial charge on any atom is -0.372 e. The number of hydrogen-bond acceptors (Lipinski definition) is 1. The lowest BCUT2D eigenvalue weighted by Crippen LogP contribution is -2.28. The molecule has 1 saturated carbocycles. The maximum absolute atomic E-state index is 5.85. The van der Waals surface area contributed by atoms with E-state index in [0.717, 1.165) is 10.0 Å². The summed E-state index contributed by atoms with van der Waals surface area (Å²) in [7, 11) is 2.19. The van der Waals surface area contributed by atoms with Gasteiger partial charge >= 0.3 is 0 Å². The second-order valence-electron chi connectivity index (χ2n) is 4.46. The van der Waals surface area contributed by atoms with Gasteiger partial charge in [0.15, 0.2) is 0 Å². The average Bonchev–Trinajstić information content (AvgIpc) is 2.81. The summed E-state index contributed by atoms with van der Waals surface area (Å²) in [6, 6.07) is 7.17. The zero-order valence-corrected chi connectivity index (χ0v) is 11.9. The first kappa shape index (κ1) is 12.3. The first-order chi connectivity index (χ1) is 7.72. The number of hydrogen-bond donors (Lipinski definition) is 0. The summed E-state index contributed by atoms with van der Waals surface area (Å²) in [5, 5.41) is 0. The Morgan fingerprint density at radius 1 is 1.38 bits per heavy atom. The number of alkyl halides is 1. The fraction of sp³-hybridized carbons (Fsp3) is 0.538. The van der Waals surface area contributed by atoms with Crippen LogP contribution in [0.15, 0.2) is 22.7 Å². The molecule has 0 amide bonds. The van der Waals surface area contributed by atoms with Gasteiger partial charge in [-0.15, -0.1) is 11.6 Å². The van der Waals surface area contributed by atoms with Gasteiger partial charge in [-0.2, -0.15) is 0 Å². The van der Waals surface area contributed by atoms with Crippen molar-refractivity contribution in [2.45, 2.75) is 37.6 Å². The van der Waals surface area contributed by atoms with Crippen LogP contribution in [0.2, 0.25) is 0 Å². The van der Waals surface area contributed by atoms with E-state index in [2.05, 4.69) is 46.1 Å². The molecule has 16 heavy (non-hydrogen) atoms. The van der Waals surface area contributed by atoms with Crippen molar-refractivity contribution in [3.63, 3.8) is 0 Å². The standard InChI is InChI=1S/C13H17BrClN/c1-16(11-4-2-3-5-11)12-7-6-10(9-15)13(14)8-12/h6-8,11H,2-5,9H2,1H3. The lowest BCUT2D eigenvalue weighted by molar-refractivity contribution is 0.653. The van der Waals surface area contributed by atoms with Crippen LogP contribution in [0.25, 0.3) is 0 Å². The zero-order chi connectivity index (χ0) is 11.5. The van der Waals surface area contributed by atoms with E-state index >= 15 is 0 Å². The van der Waals surface area contributed by atoms with Crippen molar-refractivity contribution in [2.24, 2.45) is 0 Å². The highest BCUT2D eigenvalue weighted by atomic mass is 79.9. The van der Waals surface area contributed by atoms with Crippen molar-refractivity contribution in [1.82, 2.24) is 0 Å². The number of benzene rings is 1. The van der Waals surface area contributed by atoms with Crippen molar-refractivity contribution < 1.29 is 0 Å². The summed E-state index contributed by atoms with van der Waals surface area (Å²) < 4.78 is 1.12. The summed E-state index contributed by atoms with van der Waals surface area (Å²) >= 11 is 9.42. The second kappa shape index (κ2) is 5.42. The quantitative estimate of drug-likeness (QED) is 0.740. The molecule has 0 spiro atoms. The molecule has 0 unspecified atom stereocenters. The van der Waals surface area contributed by atoms with Crippen LogP contribution < -0.4 is 4.90 Å². The number of nitrogens with zero attached hydrogens (tertiary/aromatic N) is 1. The number of anilines is 1. The predicted octanol–water partition coefficient (Wildman–Crippen LogP) is 4.57. The van der Waals surface area contributed by atoms with E-state index in [0.29, 0.717) is 11.9 Å². The van der Waals surface area contributed by atoms with E-state index < -0.39 is 0 Å². The minimum absolute atomic E-state index is 0.563. The Bertz CT molecular complexity index is 361. The van der Waals surface area contributed by atoms with E-state index in [1.807, 2.05) is 0 Å². The molecule has 3 heteroatoms. The maximum atomic E-state index is 5.85. The normalized spacial score (nSPS) is 16.7. The van der Waals surface area contributed by atoms with Gasteiger partial charge in [0.1, 0.15) is 0 Å². The van der Waals surface area contributed by atoms with Crippen LogP contribution in [-0.4, -0.2) is 13.1 Å². The molecule has 0 atom stereocenters. The van der Waals surface area contributed by atoms with Gasteiger partial charge in [-0.05, 0) is 30.5 Å². The van der Waals surface area contributed by atoms with Gasteiger partial charge in [0.05, 0.1) is 0 Å². The molecule has 2 rings (SSSR count). The monoisotopic (exact) mass is 301 g/mol. The van der Waals surface area contributed by atoms with E-state index in [1.54, 1.807) is 0 Å². The summed E-state index contributed by atoms with van der Waals surface area (Å²) in [5.74, 6) is 0.563. The van der Waals surface area contributed by atoms with E-state index in [1.165, 1.54) is 31.4 Å². The maximum Gasteiger partial charge on any atom is 0.0485 e. The Labute approximate surface area is 111 Å². The minimum atomic E-state index is 0.563. The Balaban J connectivity index is 2.16. The Morgan fingerprint density at radius 3 is 2.62 bits per heavy atom. The third kappa shape index (κ3) is 2.54. The first-order valence-corrected chi connectivity index (χ1v) is 7.12. The topological polar surface area (TPSA) is 3.24 Å². The van der Waals surface area contributed by atoms with Crippen molar-refractivity contribution in [1.29, 1.82) is 0 Å². The smallest absolute Gasteiger partial charge is 0.0485 e. The van der Waals surface area contributed by atoms with Crippen LogP contribution in [0.3, 0.4) is 0 Å². The Kier molecular flexibility index (Phi) is 4.15. The van der Waals surface area contributed by atoms with E-state index in [9.17, 15) is 0 Å². The van der Waals surface area contributed by atoms with Crippen molar-refractivity contribution in [3.05, 3.63) is 28.2 Å². The van der Waals surface area contributed by atoms with Crippen molar-refractivity contribution in [3.8, 4) is 0 Å². The molecule has 0 saturated heterocycles. The van der Waals surface area contributed by atoms with Crippen LogP contribution >= 0.6 is 27.5 Å². The molecule has 0 aromatic heterocycles. The van der Waals surface area contributed by atoms with Gasteiger partial charge in [0.25, 0.3) is 0 Å². The van der Waals surface area contributed by atoms with Gasteiger partial charge in [-0.25, -0.2) is 0 Å². The second-order valence-corrected chi connectivity index (χ2v) is 5.58. The van der Waals surface area contributed by atoms with Crippen molar-refractivity contribution >= 4 is 33.2 Å². The highest BCUT2D eigenvalue weighted by Crippen LogP contribution is 2.30. The van der Waals surface area contributed by atoms with Gasteiger partial charge in [0, 0.05) is 29.1 Å². The molecular weight excluding hydrogens is 286 g/mol. The SMILES string of the molecule is CN(c1ccc(CCl)c(Br)c1)C1CCCC1. The summed E-state index contributed by atoms with van der Waals surface area (Å²) in [5.41, 5.74) is 2.44. The molecule has 0 bridgehead atoms. The highest BCUT2D eigenvalue weighted by Gasteiger charge is 2.20. The highest BCUT2D eigenvalue weighted by molar-refractivity contribution is 9.10. The average molecular weight is 303 g/mol. The van der Waals surface area contributed by atoms with Crippen LogP contribution in [0.4, 0.5) is 5.69 Å². The molecule has 1 fully saturated rings. The van der Waals surface area contributed by atoms with E-state index in [-0.39, 0.29) is 0 Å². The van der Waals surface area contributed by atoms with Crippen LogP contribution in [0, 0.1) is 0 Å². The van der Waals surface area contributed by atoms with Crippen LogP contribution in [0.5, 0.6) is 0 Å². The molecule has 0 radical (unpaired) electrons. The van der Waals surface area contributed by atoms with Gasteiger partial charge in [-0.3, -0.25) is 0 Å². The summed E-state index contributed by atoms with van der Waals surface area (Å²) in [4.78, 5) is 2.40. The third-order valence-electron chi connectivity index (χ3n) is 3.46. The number of rotatable bonds is 3. The van der Waals surface area contributed by atoms with Crippen LogP contribution in [0.1, 0.15) is 31.2 Å². The Hall–Kier alpha value is -0.210. The lowest BCUT2D eigenvalue weighted by Gasteiger charge is -2.27. The van der Waals surface area contributed by atoms with E-state index in [4.69, 9.17) is 11.6 Å². The van der Waals surface area contributed by atoms with Crippen LogP contribution in [-0.2, 0) is 5.88 Å². The fourth-order valence-electron chi connectivity index (χ4n) is 2.37. The molecule has 0 N–H and O–H groups in total. The summed E-state index contributed by atoms with van der Waals surface area (Å²) in [6.07, 6.45) is 5.39. The molecule has 1 aliphatic carbocycles. The zero-order valence-electron chi connectivity index (χ0n) is 9.55. The summed E-state index contributed by atoms with van der Waals surface area (Å²) in [6.45, 7) is 0. The van der Waals surface area contributed by atoms with Crippen molar-refractivity contribution in [2.75, 3.05) is 11.9 Å². The third-order valence-corrected chi connectivity index (χ3v) is 4.49.